The minimum Gasteiger partial charge on any atom is -0.360 e. The summed E-state index contributed by atoms with van der Waals surface area (Å²) in [5.41, 5.74) is 0.720. The van der Waals surface area contributed by atoms with Crippen molar-refractivity contribution in [2.24, 2.45) is 0 Å². The van der Waals surface area contributed by atoms with Gasteiger partial charge in [0.25, 0.3) is 5.91 Å². The lowest BCUT2D eigenvalue weighted by molar-refractivity contribution is 0.102. The van der Waals surface area contributed by atoms with Crippen LogP contribution in [0, 0.1) is 0 Å². The fourth-order valence-corrected chi connectivity index (χ4v) is 2.32. The molecule has 0 aliphatic heterocycles. The topological polar surface area (TPSA) is 58.1 Å². The van der Waals surface area contributed by atoms with Crippen molar-refractivity contribution < 1.29 is 4.79 Å². The summed E-state index contributed by atoms with van der Waals surface area (Å²) in [7, 11) is 1.94. The van der Waals surface area contributed by atoms with E-state index in [0.717, 1.165) is 19.4 Å². The fourth-order valence-electron chi connectivity index (χ4n) is 1.98. The third-order valence-electron chi connectivity index (χ3n) is 3.32. The first-order valence-corrected chi connectivity index (χ1v) is 8.07. The van der Waals surface area contributed by atoms with E-state index in [9.17, 15) is 4.79 Å². The number of unbranched alkanes of at least 4 members (excludes halogenated alkanes) is 1. The van der Waals surface area contributed by atoms with E-state index in [1.54, 1.807) is 24.3 Å². The minimum absolute atomic E-state index is 0.273. The van der Waals surface area contributed by atoms with Crippen LogP contribution in [0.25, 0.3) is 0 Å². The molecule has 5 nitrogen and oxygen atoms in total. The van der Waals surface area contributed by atoms with Crippen LogP contribution in [0.1, 0.15) is 30.3 Å². The minimum atomic E-state index is -0.360. The summed E-state index contributed by atoms with van der Waals surface area (Å²) in [5.74, 6) is 0.345. The van der Waals surface area contributed by atoms with E-state index >= 15 is 0 Å². The van der Waals surface area contributed by atoms with Crippen LogP contribution in [0.15, 0.2) is 30.6 Å². The van der Waals surface area contributed by atoms with Crippen molar-refractivity contribution in [3.63, 3.8) is 0 Å². The molecular formula is C16H18Cl2N4O. The first-order valence-electron chi connectivity index (χ1n) is 7.31. The van der Waals surface area contributed by atoms with E-state index in [2.05, 4.69) is 22.2 Å². The maximum atomic E-state index is 12.3. The van der Waals surface area contributed by atoms with Crippen LogP contribution >= 0.6 is 23.2 Å². The molecule has 1 aromatic heterocycles. The summed E-state index contributed by atoms with van der Waals surface area (Å²) < 4.78 is 0. The Morgan fingerprint density at radius 1 is 1.30 bits per heavy atom. The third kappa shape index (κ3) is 4.56. The molecule has 0 atom stereocenters. The maximum absolute atomic E-state index is 12.3. The number of rotatable bonds is 6. The molecule has 0 saturated carbocycles. The van der Waals surface area contributed by atoms with Crippen molar-refractivity contribution in [1.29, 1.82) is 0 Å². The highest BCUT2D eigenvalue weighted by atomic mass is 35.5. The van der Waals surface area contributed by atoms with Gasteiger partial charge in [-0.3, -0.25) is 4.79 Å². The van der Waals surface area contributed by atoms with Crippen LogP contribution in [0.2, 0.25) is 10.0 Å². The van der Waals surface area contributed by atoms with Gasteiger partial charge in [0.05, 0.1) is 15.7 Å². The van der Waals surface area contributed by atoms with Crippen LogP contribution in [0.4, 0.5) is 11.5 Å². The molecule has 0 radical (unpaired) electrons. The number of carbonyl (C=O) groups is 1. The van der Waals surface area contributed by atoms with Crippen molar-refractivity contribution >= 4 is 40.6 Å². The number of hydrogen-bond donors (Lipinski definition) is 1. The summed E-state index contributed by atoms with van der Waals surface area (Å²) in [6.45, 7) is 3.00. The lowest BCUT2D eigenvalue weighted by atomic mass is 10.3. The molecule has 122 valence electrons. The van der Waals surface area contributed by atoms with Crippen LogP contribution in [-0.4, -0.2) is 29.5 Å². The van der Waals surface area contributed by atoms with Crippen molar-refractivity contribution in [1.82, 2.24) is 9.97 Å². The average Bonchev–Trinajstić information content (AvgIpc) is 2.57. The highest BCUT2D eigenvalue weighted by Gasteiger charge is 2.13. The number of anilines is 2. The molecular weight excluding hydrogens is 335 g/mol. The normalized spacial score (nSPS) is 10.4. The second kappa shape index (κ2) is 8.13. The zero-order valence-electron chi connectivity index (χ0n) is 13.0. The predicted molar refractivity (Wildman–Crippen MR) is 94.6 cm³/mol. The van der Waals surface area contributed by atoms with Crippen molar-refractivity contribution in [2.75, 3.05) is 23.8 Å². The van der Waals surface area contributed by atoms with Crippen molar-refractivity contribution in [3.8, 4) is 0 Å². The summed E-state index contributed by atoms with van der Waals surface area (Å²) in [5, 5.41) is 3.40. The summed E-state index contributed by atoms with van der Waals surface area (Å²) in [6.07, 6.45) is 3.53. The second-order valence-electron chi connectivity index (χ2n) is 5.09. The highest BCUT2D eigenvalue weighted by molar-refractivity contribution is 6.44. The second-order valence-corrected chi connectivity index (χ2v) is 5.88. The molecule has 0 aliphatic carbocycles. The Hall–Kier alpha value is -1.85. The number of aromatic nitrogens is 2. The largest absolute Gasteiger partial charge is 0.360 e. The van der Waals surface area contributed by atoms with E-state index in [1.807, 2.05) is 11.9 Å². The van der Waals surface area contributed by atoms with E-state index in [0.29, 0.717) is 21.6 Å². The van der Waals surface area contributed by atoms with Crippen LogP contribution in [0.5, 0.6) is 0 Å². The Kier molecular flexibility index (Phi) is 6.19. The highest BCUT2D eigenvalue weighted by Crippen LogP contribution is 2.29. The molecule has 7 heteroatoms. The zero-order chi connectivity index (χ0) is 16.8. The van der Waals surface area contributed by atoms with Gasteiger partial charge in [0.15, 0.2) is 0 Å². The molecule has 0 spiro atoms. The quantitative estimate of drug-likeness (QED) is 0.843. The van der Waals surface area contributed by atoms with E-state index in [1.165, 1.54) is 6.33 Å². The molecule has 0 fully saturated rings. The number of nitrogens with one attached hydrogen (secondary N) is 1. The standard InChI is InChI=1S/C16H18Cl2N4O/c1-3-4-8-22(2)14-9-13(19-10-20-14)16(23)21-12-7-5-6-11(17)15(12)18/h5-7,9-10H,3-4,8H2,1-2H3,(H,21,23). The van der Waals surface area contributed by atoms with Gasteiger partial charge in [-0.2, -0.15) is 0 Å². The number of hydrogen-bond acceptors (Lipinski definition) is 4. The van der Waals surface area contributed by atoms with Gasteiger partial charge in [0.2, 0.25) is 0 Å². The number of amides is 1. The molecule has 2 aromatic rings. The number of nitrogens with zero attached hydrogens (tertiary/aromatic N) is 3. The lowest BCUT2D eigenvalue weighted by Crippen LogP contribution is -2.21. The van der Waals surface area contributed by atoms with E-state index in [-0.39, 0.29) is 11.6 Å². The smallest absolute Gasteiger partial charge is 0.274 e. The summed E-state index contributed by atoms with van der Waals surface area (Å²) >= 11 is 12.0. The summed E-state index contributed by atoms with van der Waals surface area (Å²) in [6, 6.07) is 6.71. The average molecular weight is 353 g/mol. The summed E-state index contributed by atoms with van der Waals surface area (Å²) in [4.78, 5) is 22.6. The van der Waals surface area contributed by atoms with Crippen molar-refractivity contribution in [3.05, 3.63) is 46.3 Å². The van der Waals surface area contributed by atoms with Crippen LogP contribution in [0.3, 0.4) is 0 Å². The van der Waals surface area contributed by atoms with Gasteiger partial charge in [-0.1, -0.05) is 42.6 Å². The Bertz CT molecular complexity index is 694. The Labute approximate surface area is 145 Å². The molecule has 2 rings (SSSR count). The van der Waals surface area contributed by atoms with Gasteiger partial charge in [0, 0.05) is 19.7 Å². The number of halogens is 2. The van der Waals surface area contributed by atoms with E-state index < -0.39 is 0 Å². The number of benzene rings is 1. The SMILES string of the molecule is CCCCN(C)c1cc(C(=O)Nc2cccc(Cl)c2Cl)ncn1. The van der Waals surface area contributed by atoms with Gasteiger partial charge in [-0.05, 0) is 18.6 Å². The van der Waals surface area contributed by atoms with Crippen LogP contribution in [-0.2, 0) is 0 Å². The molecule has 1 heterocycles. The maximum Gasteiger partial charge on any atom is 0.274 e. The van der Waals surface area contributed by atoms with Gasteiger partial charge in [-0.25, -0.2) is 9.97 Å². The Balaban J connectivity index is 2.15. The predicted octanol–water partition coefficient (Wildman–Crippen LogP) is 4.27. The molecule has 1 amide bonds. The van der Waals surface area contributed by atoms with E-state index in [4.69, 9.17) is 23.2 Å². The molecule has 23 heavy (non-hydrogen) atoms. The Morgan fingerprint density at radius 3 is 2.83 bits per heavy atom. The van der Waals surface area contributed by atoms with Gasteiger partial charge < -0.3 is 10.2 Å². The van der Waals surface area contributed by atoms with Gasteiger partial charge >= 0.3 is 0 Å². The van der Waals surface area contributed by atoms with Gasteiger partial charge in [-0.15, -0.1) is 0 Å². The van der Waals surface area contributed by atoms with Crippen LogP contribution < -0.4 is 10.2 Å². The molecule has 0 aliphatic rings. The molecule has 0 bridgehead atoms. The monoisotopic (exact) mass is 352 g/mol. The Morgan fingerprint density at radius 2 is 2.09 bits per heavy atom. The molecule has 0 unspecified atom stereocenters. The molecule has 1 N–H and O–H groups in total. The molecule has 0 saturated heterocycles. The first-order chi connectivity index (χ1) is 11.0. The number of carbonyl (C=O) groups excluding carboxylic acids is 1. The van der Waals surface area contributed by atoms with Gasteiger partial charge in [0.1, 0.15) is 17.8 Å². The lowest BCUT2D eigenvalue weighted by Gasteiger charge is -2.17. The molecule has 1 aromatic carbocycles. The van der Waals surface area contributed by atoms with Crippen molar-refractivity contribution in [2.45, 2.75) is 19.8 Å². The fraction of sp³-hybridized carbons (Fsp3) is 0.312. The third-order valence-corrected chi connectivity index (χ3v) is 4.14. The first kappa shape index (κ1) is 17.5. The zero-order valence-corrected chi connectivity index (χ0v) is 14.5.